The summed E-state index contributed by atoms with van der Waals surface area (Å²) in [5.41, 5.74) is 5.41. The highest BCUT2D eigenvalue weighted by molar-refractivity contribution is 7.80. The maximum Gasteiger partial charge on any atom is 0.224 e. The fourth-order valence-corrected chi connectivity index (χ4v) is 1.85. The first-order valence-corrected chi connectivity index (χ1v) is 6.10. The summed E-state index contributed by atoms with van der Waals surface area (Å²) in [4.78, 5) is 23.5. The summed E-state index contributed by atoms with van der Waals surface area (Å²) in [7, 11) is 0. The van der Waals surface area contributed by atoms with Crippen LogP contribution in [-0.4, -0.2) is 17.4 Å². The lowest BCUT2D eigenvalue weighted by molar-refractivity contribution is -0.123. The van der Waals surface area contributed by atoms with Crippen LogP contribution in [0.25, 0.3) is 0 Å². The van der Waals surface area contributed by atoms with Crippen LogP contribution in [0.1, 0.15) is 25.8 Å². The fourth-order valence-electron chi connectivity index (χ4n) is 1.70. The molecule has 0 aromatic heterocycles. The molecule has 0 spiro atoms. The van der Waals surface area contributed by atoms with Crippen molar-refractivity contribution >= 4 is 24.4 Å². The summed E-state index contributed by atoms with van der Waals surface area (Å²) in [5, 5.41) is 2.79. The smallest absolute Gasteiger partial charge is 0.224 e. The van der Waals surface area contributed by atoms with Gasteiger partial charge >= 0.3 is 0 Å². The first kappa shape index (κ1) is 14.6. The Labute approximate surface area is 112 Å². The number of rotatable bonds is 5. The lowest BCUT2D eigenvalue weighted by Gasteiger charge is -2.24. The maximum atomic E-state index is 11.8. The molecule has 1 rings (SSSR count). The van der Waals surface area contributed by atoms with E-state index < -0.39 is 11.4 Å². The molecule has 0 unspecified atom stereocenters. The molecular formula is C13H18N2O2S. The normalized spacial score (nSPS) is 11.1. The van der Waals surface area contributed by atoms with Crippen molar-refractivity contribution < 1.29 is 9.59 Å². The highest BCUT2D eigenvalue weighted by Crippen LogP contribution is 2.10. The van der Waals surface area contributed by atoms with Crippen LogP contribution in [0.15, 0.2) is 29.2 Å². The second-order valence-corrected chi connectivity index (χ2v) is 5.43. The number of hydrogen-bond donors (Lipinski definition) is 3. The van der Waals surface area contributed by atoms with Crippen LogP contribution < -0.4 is 11.1 Å². The zero-order valence-electron chi connectivity index (χ0n) is 10.6. The van der Waals surface area contributed by atoms with E-state index in [4.69, 9.17) is 5.73 Å². The van der Waals surface area contributed by atoms with Gasteiger partial charge in [-0.2, -0.15) is 0 Å². The Bertz CT molecular complexity index is 441. The number of nitrogens with one attached hydrogen (secondary N) is 1. The first-order chi connectivity index (χ1) is 8.28. The van der Waals surface area contributed by atoms with Gasteiger partial charge in [0.05, 0.1) is 6.42 Å². The highest BCUT2D eigenvalue weighted by atomic mass is 32.1. The average molecular weight is 266 g/mol. The van der Waals surface area contributed by atoms with Crippen molar-refractivity contribution in [2.75, 3.05) is 0 Å². The van der Waals surface area contributed by atoms with E-state index in [0.29, 0.717) is 0 Å². The first-order valence-electron chi connectivity index (χ1n) is 5.66. The monoisotopic (exact) mass is 266 g/mol. The number of benzene rings is 1. The van der Waals surface area contributed by atoms with Crippen molar-refractivity contribution in [3.63, 3.8) is 0 Å². The third-order valence-corrected chi connectivity index (χ3v) is 2.69. The van der Waals surface area contributed by atoms with Crippen molar-refractivity contribution in [3.8, 4) is 0 Å². The van der Waals surface area contributed by atoms with Gasteiger partial charge in [0, 0.05) is 16.9 Å². The quantitative estimate of drug-likeness (QED) is 0.703. The third-order valence-electron chi connectivity index (χ3n) is 2.40. The molecule has 0 bridgehead atoms. The second kappa shape index (κ2) is 5.91. The number of primary amides is 1. The predicted molar refractivity (Wildman–Crippen MR) is 73.4 cm³/mol. The van der Waals surface area contributed by atoms with E-state index in [2.05, 4.69) is 17.9 Å². The van der Waals surface area contributed by atoms with E-state index in [1.54, 1.807) is 13.8 Å². The number of carbonyl (C=O) groups is 2. The Morgan fingerprint density at radius 2 is 1.83 bits per heavy atom. The van der Waals surface area contributed by atoms with E-state index in [0.717, 1.165) is 10.5 Å². The summed E-state index contributed by atoms with van der Waals surface area (Å²) in [5.74, 6) is -0.562. The molecule has 98 valence electrons. The molecule has 0 aliphatic carbocycles. The van der Waals surface area contributed by atoms with Gasteiger partial charge in [0.15, 0.2) is 0 Å². The zero-order valence-corrected chi connectivity index (χ0v) is 11.5. The minimum absolute atomic E-state index is 0.119. The van der Waals surface area contributed by atoms with Gasteiger partial charge in [0.1, 0.15) is 0 Å². The standard InChI is InChI=1S/C13H18N2O2S/c1-13(2,8-11(14)16)15-12(17)7-9-3-5-10(18)6-4-9/h3-6,18H,7-8H2,1-2H3,(H2,14,16)(H,15,17). The van der Waals surface area contributed by atoms with Crippen LogP contribution in [0.3, 0.4) is 0 Å². The van der Waals surface area contributed by atoms with Crippen LogP contribution in [0.4, 0.5) is 0 Å². The second-order valence-electron chi connectivity index (χ2n) is 4.92. The van der Waals surface area contributed by atoms with Gasteiger partial charge in [-0.3, -0.25) is 9.59 Å². The van der Waals surface area contributed by atoms with Crippen LogP contribution in [0.2, 0.25) is 0 Å². The van der Waals surface area contributed by atoms with Gasteiger partial charge in [0.25, 0.3) is 0 Å². The Kier molecular flexibility index (Phi) is 4.78. The third kappa shape index (κ3) is 5.23. The van der Waals surface area contributed by atoms with E-state index in [1.165, 1.54) is 0 Å². The molecule has 0 heterocycles. The Morgan fingerprint density at radius 3 is 2.33 bits per heavy atom. The van der Waals surface area contributed by atoms with Crippen molar-refractivity contribution in [2.45, 2.75) is 37.1 Å². The average Bonchev–Trinajstić information content (AvgIpc) is 2.18. The molecule has 5 heteroatoms. The van der Waals surface area contributed by atoms with Crippen molar-refractivity contribution in [3.05, 3.63) is 29.8 Å². The van der Waals surface area contributed by atoms with E-state index in [-0.39, 0.29) is 18.7 Å². The van der Waals surface area contributed by atoms with Crippen LogP contribution in [0.5, 0.6) is 0 Å². The molecule has 1 aromatic carbocycles. The van der Waals surface area contributed by atoms with Gasteiger partial charge in [-0.1, -0.05) is 12.1 Å². The SMILES string of the molecule is CC(C)(CC(N)=O)NC(=O)Cc1ccc(S)cc1. The van der Waals surface area contributed by atoms with Crippen molar-refractivity contribution in [1.82, 2.24) is 5.32 Å². The zero-order chi connectivity index (χ0) is 13.8. The summed E-state index contributed by atoms with van der Waals surface area (Å²) < 4.78 is 0. The Balaban J connectivity index is 2.56. The number of carbonyl (C=O) groups excluding carboxylic acids is 2. The van der Waals surface area contributed by atoms with E-state index >= 15 is 0 Å². The van der Waals surface area contributed by atoms with E-state index in [1.807, 2.05) is 24.3 Å². The minimum Gasteiger partial charge on any atom is -0.370 e. The molecule has 18 heavy (non-hydrogen) atoms. The number of hydrogen-bond acceptors (Lipinski definition) is 3. The molecule has 2 amide bonds. The summed E-state index contributed by atoms with van der Waals surface area (Å²) in [6.07, 6.45) is 0.393. The van der Waals surface area contributed by atoms with Crippen LogP contribution in [0, 0.1) is 0 Å². The van der Waals surface area contributed by atoms with Gasteiger partial charge < -0.3 is 11.1 Å². The molecule has 0 saturated heterocycles. The lowest BCUT2D eigenvalue weighted by atomic mass is 9.99. The number of amides is 2. The van der Waals surface area contributed by atoms with Gasteiger partial charge in [-0.25, -0.2) is 0 Å². The Morgan fingerprint density at radius 1 is 1.28 bits per heavy atom. The van der Waals surface area contributed by atoms with Crippen molar-refractivity contribution in [2.24, 2.45) is 5.73 Å². The minimum atomic E-state index is -0.619. The Hall–Kier alpha value is -1.49. The lowest BCUT2D eigenvalue weighted by Crippen LogP contribution is -2.46. The molecule has 0 radical (unpaired) electrons. The van der Waals surface area contributed by atoms with Gasteiger partial charge in [-0.05, 0) is 31.5 Å². The summed E-state index contributed by atoms with van der Waals surface area (Å²) in [6, 6.07) is 7.37. The molecule has 0 fully saturated rings. The number of nitrogens with two attached hydrogens (primary N) is 1. The molecule has 4 nitrogen and oxygen atoms in total. The van der Waals surface area contributed by atoms with E-state index in [9.17, 15) is 9.59 Å². The molecule has 3 N–H and O–H groups in total. The van der Waals surface area contributed by atoms with Gasteiger partial charge in [-0.15, -0.1) is 12.6 Å². The highest BCUT2D eigenvalue weighted by Gasteiger charge is 2.22. The summed E-state index contributed by atoms with van der Waals surface area (Å²) in [6.45, 7) is 3.54. The van der Waals surface area contributed by atoms with Crippen molar-refractivity contribution in [1.29, 1.82) is 0 Å². The van der Waals surface area contributed by atoms with Crippen LogP contribution >= 0.6 is 12.6 Å². The molecule has 0 aliphatic rings. The predicted octanol–water partition coefficient (Wildman–Crippen LogP) is 1.29. The number of thiol groups is 1. The largest absolute Gasteiger partial charge is 0.370 e. The molecule has 0 saturated carbocycles. The van der Waals surface area contributed by atoms with Crippen LogP contribution in [-0.2, 0) is 16.0 Å². The molecule has 0 aliphatic heterocycles. The maximum absolute atomic E-state index is 11.8. The molecule has 0 atom stereocenters. The fraction of sp³-hybridized carbons (Fsp3) is 0.385. The van der Waals surface area contributed by atoms with Gasteiger partial charge in [0.2, 0.25) is 11.8 Å². The molecular weight excluding hydrogens is 248 g/mol. The topological polar surface area (TPSA) is 72.2 Å². The summed E-state index contributed by atoms with van der Waals surface area (Å²) >= 11 is 4.18. The molecule has 1 aromatic rings.